The number of nitrogens with one attached hydrogen (secondary N) is 1. The number of benzene rings is 2. The Morgan fingerprint density at radius 3 is 2.08 bits per heavy atom. The third-order valence-corrected chi connectivity index (χ3v) is 7.04. The van der Waals surface area contributed by atoms with Crippen LogP contribution in [0.2, 0.25) is 5.02 Å². The molecule has 0 unspecified atom stereocenters. The molecule has 0 radical (unpaired) electrons. The zero-order chi connectivity index (χ0) is 27.2. The van der Waals surface area contributed by atoms with E-state index in [-0.39, 0.29) is 18.2 Å². The maximum Gasteiger partial charge on any atom is 0.254 e. The molecule has 1 fully saturated rings. The van der Waals surface area contributed by atoms with Gasteiger partial charge in [-0.3, -0.25) is 24.5 Å². The average molecular weight is 534 g/mol. The van der Waals surface area contributed by atoms with E-state index in [1.54, 1.807) is 60.0 Å². The van der Waals surface area contributed by atoms with Crippen LogP contribution in [0.25, 0.3) is 0 Å². The van der Waals surface area contributed by atoms with Gasteiger partial charge in [-0.2, -0.15) is 5.26 Å². The van der Waals surface area contributed by atoms with Gasteiger partial charge in [0.1, 0.15) is 11.4 Å². The van der Waals surface area contributed by atoms with Crippen molar-refractivity contribution in [3.05, 3.63) is 142 Å². The van der Waals surface area contributed by atoms with Crippen molar-refractivity contribution in [1.29, 1.82) is 5.26 Å². The second kappa shape index (κ2) is 11.3. The summed E-state index contributed by atoms with van der Waals surface area (Å²) >= 11 is 6.47. The number of rotatable bonds is 8. The zero-order valence-corrected chi connectivity index (χ0v) is 21.7. The van der Waals surface area contributed by atoms with E-state index >= 15 is 0 Å². The van der Waals surface area contributed by atoms with Crippen molar-refractivity contribution < 1.29 is 9.59 Å². The van der Waals surface area contributed by atoms with Crippen molar-refractivity contribution in [1.82, 2.24) is 20.2 Å². The number of amides is 1. The molecule has 39 heavy (non-hydrogen) atoms. The van der Waals surface area contributed by atoms with Crippen LogP contribution in [0.1, 0.15) is 32.6 Å². The monoisotopic (exact) mass is 533 g/mol. The fraction of sp³-hybridized carbons (Fsp3) is 0.129. The van der Waals surface area contributed by atoms with Crippen molar-refractivity contribution in [3.63, 3.8) is 0 Å². The summed E-state index contributed by atoms with van der Waals surface area (Å²) in [5, 5.41) is 13.1. The van der Waals surface area contributed by atoms with Crippen LogP contribution >= 0.6 is 11.6 Å². The Balaban J connectivity index is 1.58. The molecule has 0 atom stereocenters. The number of aromatic nitrogens is 2. The van der Waals surface area contributed by atoms with Crippen molar-refractivity contribution in [2.24, 2.45) is 0 Å². The van der Waals surface area contributed by atoms with E-state index in [0.717, 1.165) is 16.7 Å². The molecule has 1 saturated heterocycles. The highest BCUT2D eigenvalue weighted by atomic mass is 35.5. The van der Waals surface area contributed by atoms with Gasteiger partial charge in [0.2, 0.25) is 0 Å². The number of halogens is 1. The van der Waals surface area contributed by atoms with E-state index in [0.29, 0.717) is 34.8 Å². The standard InChI is InChI=1S/C31H24ClN5O2/c32-27-4-2-1-3-26(27)21-37-29(17-28(38)25-7-5-24(20-33)6-8-25)36-31(30(37)39,18-22-9-13-34-14-10-22)19-23-11-15-35-16-12-23/h1-17,36H,18-19,21H2/b29-17+. The molecular weight excluding hydrogens is 510 g/mol. The lowest BCUT2D eigenvalue weighted by Gasteiger charge is -2.28. The Morgan fingerprint density at radius 2 is 1.51 bits per heavy atom. The third kappa shape index (κ3) is 5.71. The number of allylic oxidation sites excluding steroid dienone is 1. The summed E-state index contributed by atoms with van der Waals surface area (Å²) in [5.41, 5.74) is 2.42. The van der Waals surface area contributed by atoms with Crippen molar-refractivity contribution in [2.45, 2.75) is 24.9 Å². The lowest BCUT2D eigenvalue weighted by molar-refractivity contribution is -0.132. The third-order valence-electron chi connectivity index (χ3n) is 6.68. The number of ketones is 1. The van der Waals surface area contributed by atoms with Gasteiger partial charge < -0.3 is 5.32 Å². The van der Waals surface area contributed by atoms with Crippen LogP contribution in [0, 0.1) is 11.3 Å². The van der Waals surface area contributed by atoms with Gasteiger partial charge in [0.15, 0.2) is 5.78 Å². The Morgan fingerprint density at radius 1 is 0.923 bits per heavy atom. The maximum absolute atomic E-state index is 14.4. The molecule has 4 aromatic rings. The van der Waals surface area contributed by atoms with E-state index in [2.05, 4.69) is 21.4 Å². The Hall–Kier alpha value is -4.80. The molecule has 0 bridgehead atoms. The summed E-state index contributed by atoms with van der Waals surface area (Å²) in [6.07, 6.45) is 8.97. The van der Waals surface area contributed by atoms with Crippen LogP contribution in [-0.2, 0) is 24.2 Å². The van der Waals surface area contributed by atoms with Crippen LogP contribution in [-0.4, -0.2) is 32.1 Å². The number of pyridine rings is 2. The van der Waals surface area contributed by atoms with Crippen LogP contribution in [0.15, 0.2) is 109 Å². The molecule has 7 nitrogen and oxygen atoms in total. The largest absolute Gasteiger partial charge is 0.357 e. The second-order valence-corrected chi connectivity index (χ2v) is 9.74. The molecule has 0 spiro atoms. The topological polar surface area (TPSA) is 99.0 Å². The SMILES string of the molecule is N#Cc1ccc(C(=O)/C=C2\NC(Cc3ccncc3)(Cc3ccncc3)C(=O)N2Cc2ccccc2Cl)cc1. The molecule has 1 N–H and O–H groups in total. The van der Waals surface area contributed by atoms with E-state index in [1.165, 1.54) is 6.08 Å². The minimum Gasteiger partial charge on any atom is -0.357 e. The van der Waals surface area contributed by atoms with Gasteiger partial charge in [-0.15, -0.1) is 0 Å². The summed E-state index contributed by atoms with van der Waals surface area (Å²) in [5.74, 6) is -0.0742. The normalized spacial score (nSPS) is 15.1. The van der Waals surface area contributed by atoms with Crippen LogP contribution in [0.3, 0.4) is 0 Å². The lowest BCUT2D eigenvalue weighted by Crippen LogP contribution is -2.50. The lowest BCUT2D eigenvalue weighted by atomic mass is 9.85. The first-order valence-corrected chi connectivity index (χ1v) is 12.7. The Labute approximate surface area is 231 Å². The highest BCUT2D eigenvalue weighted by Gasteiger charge is 2.49. The summed E-state index contributed by atoms with van der Waals surface area (Å²) < 4.78 is 0. The van der Waals surface area contributed by atoms with Gasteiger partial charge in [-0.05, 0) is 71.3 Å². The number of hydrogen-bond acceptors (Lipinski definition) is 6. The van der Waals surface area contributed by atoms with Gasteiger partial charge in [-0.25, -0.2) is 0 Å². The molecule has 2 aromatic heterocycles. The summed E-state index contributed by atoms with van der Waals surface area (Å²) in [6, 6.07) is 23.3. The Kier molecular flexibility index (Phi) is 7.48. The van der Waals surface area contributed by atoms with Crippen LogP contribution < -0.4 is 5.32 Å². The minimum atomic E-state index is -1.07. The quantitative estimate of drug-likeness (QED) is 0.256. The zero-order valence-electron chi connectivity index (χ0n) is 20.9. The number of carbonyl (C=O) groups excluding carboxylic acids is 2. The predicted octanol–water partition coefficient (Wildman–Crippen LogP) is 4.88. The van der Waals surface area contributed by atoms with Gasteiger partial charge in [0.05, 0.1) is 18.2 Å². The predicted molar refractivity (Wildman–Crippen MR) is 147 cm³/mol. The highest BCUT2D eigenvalue weighted by molar-refractivity contribution is 6.31. The first-order valence-electron chi connectivity index (χ1n) is 12.3. The van der Waals surface area contributed by atoms with E-state index < -0.39 is 5.54 Å². The van der Waals surface area contributed by atoms with Crippen molar-refractivity contribution >= 4 is 23.3 Å². The molecule has 0 aliphatic carbocycles. The summed E-state index contributed by atoms with van der Waals surface area (Å²) in [4.78, 5) is 37.5. The van der Waals surface area contributed by atoms with Gasteiger partial charge in [0.25, 0.3) is 5.91 Å². The molecule has 8 heteroatoms. The molecule has 2 aromatic carbocycles. The van der Waals surface area contributed by atoms with Crippen molar-refractivity contribution in [2.75, 3.05) is 0 Å². The number of carbonyl (C=O) groups is 2. The number of hydrogen-bond donors (Lipinski definition) is 1. The Bertz CT molecular complexity index is 1520. The smallest absolute Gasteiger partial charge is 0.254 e. The number of nitrogens with zero attached hydrogens (tertiary/aromatic N) is 4. The first-order chi connectivity index (χ1) is 19.0. The van der Waals surface area contributed by atoms with Crippen LogP contribution in [0.4, 0.5) is 0 Å². The van der Waals surface area contributed by atoms with E-state index in [1.807, 2.05) is 42.5 Å². The fourth-order valence-corrected chi connectivity index (χ4v) is 4.91. The molecule has 1 amide bonds. The second-order valence-electron chi connectivity index (χ2n) is 9.34. The number of nitriles is 1. The molecular formula is C31H24ClN5O2. The highest BCUT2D eigenvalue weighted by Crippen LogP contribution is 2.33. The molecule has 192 valence electrons. The summed E-state index contributed by atoms with van der Waals surface area (Å²) in [7, 11) is 0. The van der Waals surface area contributed by atoms with Gasteiger partial charge in [0, 0.05) is 54.3 Å². The molecule has 5 rings (SSSR count). The molecule has 1 aliphatic heterocycles. The molecule has 3 heterocycles. The van der Waals surface area contributed by atoms with Gasteiger partial charge in [-0.1, -0.05) is 29.8 Å². The van der Waals surface area contributed by atoms with E-state index in [9.17, 15) is 9.59 Å². The molecule has 1 aliphatic rings. The first kappa shape index (κ1) is 25.8. The van der Waals surface area contributed by atoms with Crippen LogP contribution in [0.5, 0.6) is 0 Å². The summed E-state index contributed by atoms with van der Waals surface area (Å²) in [6.45, 7) is 0.187. The minimum absolute atomic E-state index is 0.171. The fourth-order valence-electron chi connectivity index (χ4n) is 4.72. The average Bonchev–Trinajstić information content (AvgIpc) is 3.20. The van der Waals surface area contributed by atoms with Gasteiger partial charge >= 0.3 is 0 Å². The van der Waals surface area contributed by atoms with Crippen molar-refractivity contribution in [3.8, 4) is 6.07 Å². The van der Waals surface area contributed by atoms with E-state index in [4.69, 9.17) is 16.9 Å². The molecule has 0 saturated carbocycles. The maximum atomic E-state index is 14.4.